The van der Waals surface area contributed by atoms with Crippen molar-refractivity contribution >= 4 is 6.29 Å². The zero-order chi connectivity index (χ0) is 10.6. The van der Waals surface area contributed by atoms with E-state index in [9.17, 15) is 4.79 Å². The first-order valence-corrected chi connectivity index (χ1v) is 5.55. The van der Waals surface area contributed by atoms with Crippen LogP contribution in [-0.2, 0) is 9.53 Å². The van der Waals surface area contributed by atoms with Crippen LogP contribution in [0.2, 0.25) is 0 Å². The summed E-state index contributed by atoms with van der Waals surface area (Å²) in [6, 6.07) is 0. The lowest BCUT2D eigenvalue weighted by Gasteiger charge is -2.13. The van der Waals surface area contributed by atoms with E-state index < -0.39 is 0 Å². The highest BCUT2D eigenvalue weighted by Crippen LogP contribution is 2.06. The Morgan fingerprint density at radius 1 is 1.29 bits per heavy atom. The van der Waals surface area contributed by atoms with Crippen LogP contribution in [0.15, 0.2) is 12.2 Å². The van der Waals surface area contributed by atoms with Gasteiger partial charge in [0.25, 0.3) is 0 Å². The lowest BCUT2D eigenvalue weighted by atomic mass is 10.1. The van der Waals surface area contributed by atoms with Gasteiger partial charge in [-0.1, -0.05) is 32.4 Å². The Hall–Kier alpha value is -0.630. The van der Waals surface area contributed by atoms with Crippen LogP contribution in [0.5, 0.6) is 0 Å². The first-order chi connectivity index (χ1) is 6.85. The van der Waals surface area contributed by atoms with E-state index in [0.717, 1.165) is 38.6 Å². The lowest BCUT2D eigenvalue weighted by molar-refractivity contribution is -0.110. The van der Waals surface area contributed by atoms with Gasteiger partial charge in [-0.05, 0) is 19.3 Å². The number of hydrogen-bond acceptors (Lipinski definition) is 2. The van der Waals surface area contributed by atoms with E-state index in [1.807, 2.05) is 0 Å². The molecule has 1 atom stereocenters. The van der Waals surface area contributed by atoms with Crippen molar-refractivity contribution in [2.45, 2.75) is 52.1 Å². The van der Waals surface area contributed by atoms with Crippen LogP contribution in [-0.4, -0.2) is 19.0 Å². The Labute approximate surface area is 87.3 Å². The molecule has 0 bridgehead atoms. The molecule has 0 fully saturated rings. The smallest absolute Gasteiger partial charge is 0.122 e. The first kappa shape index (κ1) is 13.4. The molecule has 2 heteroatoms. The molecule has 0 aromatic carbocycles. The van der Waals surface area contributed by atoms with E-state index in [1.54, 1.807) is 0 Å². The number of aldehydes is 1. The Balaban J connectivity index is 3.49. The van der Waals surface area contributed by atoms with Gasteiger partial charge in [-0.3, -0.25) is 0 Å². The molecule has 82 valence electrons. The second-order valence-corrected chi connectivity index (χ2v) is 3.35. The van der Waals surface area contributed by atoms with Gasteiger partial charge in [-0.15, -0.1) is 0 Å². The standard InChI is InChI=1S/C12H22O2/c1-3-5-6-7-11-14-12(8-4-2)9-10-13/h5-6,10,12H,3-4,7-9,11H2,1-2H3/b6-5-. The monoisotopic (exact) mass is 198 g/mol. The molecule has 0 saturated heterocycles. The van der Waals surface area contributed by atoms with E-state index in [2.05, 4.69) is 26.0 Å². The summed E-state index contributed by atoms with van der Waals surface area (Å²) in [4.78, 5) is 10.3. The molecular formula is C12H22O2. The van der Waals surface area contributed by atoms with E-state index >= 15 is 0 Å². The molecule has 0 N–H and O–H groups in total. The van der Waals surface area contributed by atoms with E-state index in [-0.39, 0.29) is 6.10 Å². The van der Waals surface area contributed by atoms with Crippen LogP contribution in [0.1, 0.15) is 46.0 Å². The van der Waals surface area contributed by atoms with Crippen LogP contribution >= 0.6 is 0 Å². The molecule has 1 unspecified atom stereocenters. The molecule has 0 saturated carbocycles. The van der Waals surface area contributed by atoms with Crippen molar-refractivity contribution in [3.63, 3.8) is 0 Å². The highest BCUT2D eigenvalue weighted by Gasteiger charge is 2.05. The average molecular weight is 198 g/mol. The maximum absolute atomic E-state index is 10.3. The number of ether oxygens (including phenoxy) is 1. The number of carbonyl (C=O) groups is 1. The third kappa shape index (κ3) is 7.99. The molecule has 0 aromatic rings. The maximum Gasteiger partial charge on any atom is 0.122 e. The van der Waals surface area contributed by atoms with E-state index in [1.165, 1.54) is 0 Å². The van der Waals surface area contributed by atoms with Crippen LogP contribution in [0.4, 0.5) is 0 Å². The molecule has 0 aliphatic rings. The summed E-state index contributed by atoms with van der Waals surface area (Å²) in [6.45, 7) is 4.96. The van der Waals surface area contributed by atoms with Crippen LogP contribution < -0.4 is 0 Å². The van der Waals surface area contributed by atoms with Gasteiger partial charge < -0.3 is 9.53 Å². The van der Waals surface area contributed by atoms with E-state index in [4.69, 9.17) is 4.74 Å². The molecule has 0 heterocycles. The van der Waals surface area contributed by atoms with Gasteiger partial charge in [0.1, 0.15) is 6.29 Å². The molecule has 0 aliphatic carbocycles. The van der Waals surface area contributed by atoms with Gasteiger partial charge in [0.05, 0.1) is 12.7 Å². The normalized spacial score (nSPS) is 13.3. The Morgan fingerprint density at radius 2 is 2.07 bits per heavy atom. The third-order valence-electron chi connectivity index (χ3n) is 2.01. The van der Waals surface area contributed by atoms with Crippen molar-refractivity contribution in [1.29, 1.82) is 0 Å². The summed E-state index contributed by atoms with van der Waals surface area (Å²) < 4.78 is 5.59. The topological polar surface area (TPSA) is 26.3 Å². The zero-order valence-electron chi connectivity index (χ0n) is 9.37. The predicted molar refractivity (Wildman–Crippen MR) is 59.4 cm³/mol. The molecule has 14 heavy (non-hydrogen) atoms. The van der Waals surface area contributed by atoms with Crippen molar-refractivity contribution in [2.24, 2.45) is 0 Å². The van der Waals surface area contributed by atoms with Crippen molar-refractivity contribution in [3.05, 3.63) is 12.2 Å². The Kier molecular flexibility index (Phi) is 9.98. The van der Waals surface area contributed by atoms with Gasteiger partial charge in [-0.25, -0.2) is 0 Å². The average Bonchev–Trinajstić information content (AvgIpc) is 2.18. The molecule has 0 rings (SSSR count). The fraction of sp³-hybridized carbons (Fsp3) is 0.750. The maximum atomic E-state index is 10.3. The largest absolute Gasteiger partial charge is 0.377 e. The highest BCUT2D eigenvalue weighted by molar-refractivity contribution is 5.50. The van der Waals surface area contributed by atoms with Gasteiger partial charge >= 0.3 is 0 Å². The van der Waals surface area contributed by atoms with Crippen molar-refractivity contribution in [2.75, 3.05) is 6.61 Å². The molecule has 0 amide bonds. The molecule has 2 nitrogen and oxygen atoms in total. The van der Waals surface area contributed by atoms with Crippen LogP contribution in [0.25, 0.3) is 0 Å². The summed E-state index contributed by atoms with van der Waals surface area (Å²) in [5.74, 6) is 0. The number of rotatable bonds is 9. The van der Waals surface area contributed by atoms with Gasteiger partial charge in [0, 0.05) is 6.42 Å². The summed E-state index contributed by atoms with van der Waals surface area (Å²) in [6.07, 6.45) is 9.96. The SMILES string of the molecule is CC/C=C\CCOC(CC=O)CCC. The van der Waals surface area contributed by atoms with Gasteiger partial charge in [0.2, 0.25) is 0 Å². The first-order valence-electron chi connectivity index (χ1n) is 5.55. The van der Waals surface area contributed by atoms with Gasteiger partial charge in [-0.2, -0.15) is 0 Å². The molecule has 0 aromatic heterocycles. The quantitative estimate of drug-likeness (QED) is 0.323. The minimum Gasteiger partial charge on any atom is -0.377 e. The lowest BCUT2D eigenvalue weighted by Crippen LogP contribution is -2.13. The van der Waals surface area contributed by atoms with Crippen LogP contribution in [0, 0.1) is 0 Å². The minimum absolute atomic E-state index is 0.132. The second-order valence-electron chi connectivity index (χ2n) is 3.35. The fourth-order valence-corrected chi connectivity index (χ4v) is 1.29. The van der Waals surface area contributed by atoms with Crippen molar-refractivity contribution in [3.8, 4) is 0 Å². The highest BCUT2D eigenvalue weighted by atomic mass is 16.5. The zero-order valence-corrected chi connectivity index (χ0v) is 9.37. The van der Waals surface area contributed by atoms with Crippen molar-refractivity contribution < 1.29 is 9.53 Å². The predicted octanol–water partition coefficient (Wildman–Crippen LogP) is 3.12. The van der Waals surface area contributed by atoms with Crippen LogP contribution in [0.3, 0.4) is 0 Å². The molecular weight excluding hydrogens is 176 g/mol. The second kappa shape index (κ2) is 10.5. The third-order valence-corrected chi connectivity index (χ3v) is 2.01. The number of carbonyl (C=O) groups excluding carboxylic acids is 1. The minimum atomic E-state index is 0.132. The molecule has 0 spiro atoms. The Morgan fingerprint density at radius 3 is 2.64 bits per heavy atom. The van der Waals surface area contributed by atoms with E-state index in [0.29, 0.717) is 6.42 Å². The summed E-state index contributed by atoms with van der Waals surface area (Å²) in [5.41, 5.74) is 0. The summed E-state index contributed by atoms with van der Waals surface area (Å²) in [5, 5.41) is 0. The van der Waals surface area contributed by atoms with Gasteiger partial charge in [0.15, 0.2) is 0 Å². The summed E-state index contributed by atoms with van der Waals surface area (Å²) in [7, 11) is 0. The molecule has 0 radical (unpaired) electrons. The number of allylic oxidation sites excluding steroid dienone is 1. The number of hydrogen-bond donors (Lipinski definition) is 0. The Bertz CT molecular complexity index is 152. The molecule has 0 aliphatic heterocycles. The fourth-order valence-electron chi connectivity index (χ4n) is 1.29. The van der Waals surface area contributed by atoms with Crippen molar-refractivity contribution in [1.82, 2.24) is 0 Å². The summed E-state index contributed by atoms with van der Waals surface area (Å²) >= 11 is 0.